The molecule has 1 aromatic heterocycles. The van der Waals surface area contributed by atoms with Crippen LogP contribution in [0.25, 0.3) is 11.0 Å². The van der Waals surface area contributed by atoms with Crippen molar-refractivity contribution in [3.8, 4) is 0 Å². The standard InChI is InChI=1S/C20H24N2O2/c1-13(23)24-20-10-14-7-15(11-20)9-19(8-14,12-20)18-21-16-5-3-4-6-17(16)22(18)2/h3-6,14-15H,7-12H2,1-2H3. The minimum atomic E-state index is -0.242. The summed E-state index contributed by atoms with van der Waals surface area (Å²) in [6.45, 7) is 1.56. The Labute approximate surface area is 142 Å². The van der Waals surface area contributed by atoms with Crippen LogP contribution in [0.3, 0.4) is 0 Å². The summed E-state index contributed by atoms with van der Waals surface area (Å²) >= 11 is 0. The average molecular weight is 324 g/mol. The van der Waals surface area contributed by atoms with Crippen molar-refractivity contribution in [3.63, 3.8) is 0 Å². The van der Waals surface area contributed by atoms with E-state index in [0.717, 1.165) is 24.8 Å². The predicted octanol–water partition coefficient (Wildman–Crippen LogP) is 3.73. The van der Waals surface area contributed by atoms with Gasteiger partial charge < -0.3 is 9.30 Å². The Hall–Kier alpha value is -1.84. The average Bonchev–Trinajstić information content (AvgIpc) is 2.83. The fourth-order valence-corrected chi connectivity index (χ4v) is 6.48. The van der Waals surface area contributed by atoms with Crippen LogP contribution in [0.15, 0.2) is 24.3 Å². The molecule has 0 N–H and O–H groups in total. The minimum absolute atomic E-state index is 0.0767. The van der Waals surface area contributed by atoms with Crippen molar-refractivity contribution >= 4 is 17.0 Å². The van der Waals surface area contributed by atoms with Crippen LogP contribution in [0.1, 0.15) is 51.3 Å². The number of rotatable bonds is 2. The Morgan fingerprint density at radius 3 is 2.58 bits per heavy atom. The predicted molar refractivity (Wildman–Crippen MR) is 91.6 cm³/mol. The molecule has 0 aliphatic heterocycles. The normalized spacial score (nSPS) is 37.1. The largest absolute Gasteiger partial charge is 0.459 e. The smallest absolute Gasteiger partial charge is 0.303 e. The molecule has 1 heterocycles. The molecule has 2 atom stereocenters. The highest BCUT2D eigenvalue weighted by Crippen LogP contribution is 2.63. The SMILES string of the molecule is CC(=O)OC12CC3CC(C1)CC(c1nc4ccccc4n1C)(C3)C2. The van der Waals surface area contributed by atoms with Crippen LogP contribution in [0, 0.1) is 11.8 Å². The Morgan fingerprint density at radius 2 is 1.92 bits per heavy atom. The summed E-state index contributed by atoms with van der Waals surface area (Å²) in [5.74, 6) is 2.42. The highest BCUT2D eigenvalue weighted by atomic mass is 16.6. The number of ether oxygens (including phenoxy) is 1. The molecule has 2 aromatic rings. The maximum Gasteiger partial charge on any atom is 0.303 e. The van der Waals surface area contributed by atoms with E-state index in [4.69, 9.17) is 9.72 Å². The van der Waals surface area contributed by atoms with E-state index in [1.165, 1.54) is 30.6 Å². The number of hydrogen-bond donors (Lipinski definition) is 0. The summed E-state index contributed by atoms with van der Waals surface area (Å²) < 4.78 is 8.22. The molecule has 4 bridgehead atoms. The summed E-state index contributed by atoms with van der Waals surface area (Å²) in [5.41, 5.74) is 2.11. The first kappa shape index (κ1) is 14.5. The van der Waals surface area contributed by atoms with Crippen molar-refractivity contribution in [3.05, 3.63) is 30.1 Å². The number of aryl methyl sites for hydroxylation is 1. The minimum Gasteiger partial charge on any atom is -0.459 e. The van der Waals surface area contributed by atoms with E-state index >= 15 is 0 Å². The summed E-state index contributed by atoms with van der Waals surface area (Å²) in [7, 11) is 2.14. The van der Waals surface area contributed by atoms with Crippen molar-refractivity contribution in [2.75, 3.05) is 0 Å². The molecule has 0 saturated heterocycles. The van der Waals surface area contributed by atoms with Gasteiger partial charge in [-0.15, -0.1) is 0 Å². The van der Waals surface area contributed by atoms with E-state index in [2.05, 4.69) is 35.9 Å². The lowest BCUT2D eigenvalue weighted by Crippen LogP contribution is -2.59. The molecule has 4 fully saturated rings. The molecule has 4 heteroatoms. The van der Waals surface area contributed by atoms with E-state index in [1.807, 2.05) is 0 Å². The van der Waals surface area contributed by atoms with Gasteiger partial charge in [-0.3, -0.25) is 4.79 Å². The van der Waals surface area contributed by atoms with Gasteiger partial charge in [-0.05, 0) is 62.5 Å². The number of hydrogen-bond acceptors (Lipinski definition) is 3. The molecule has 4 aliphatic rings. The zero-order valence-electron chi connectivity index (χ0n) is 14.4. The summed E-state index contributed by atoms with van der Waals surface area (Å²) in [6.07, 6.45) is 6.75. The molecule has 24 heavy (non-hydrogen) atoms. The van der Waals surface area contributed by atoms with Crippen LogP contribution in [-0.2, 0) is 22.0 Å². The highest BCUT2D eigenvalue weighted by Gasteiger charge is 2.61. The second-order valence-corrected chi connectivity index (χ2v) is 8.50. The van der Waals surface area contributed by atoms with Crippen molar-refractivity contribution in [1.82, 2.24) is 9.55 Å². The third-order valence-corrected chi connectivity index (χ3v) is 6.63. The molecule has 6 rings (SSSR count). The maximum atomic E-state index is 11.7. The third kappa shape index (κ3) is 1.92. The number of aromatic nitrogens is 2. The molecule has 126 valence electrons. The monoisotopic (exact) mass is 324 g/mol. The second-order valence-electron chi connectivity index (χ2n) is 8.50. The van der Waals surface area contributed by atoms with Crippen LogP contribution >= 0.6 is 0 Å². The number of esters is 1. The zero-order chi connectivity index (χ0) is 16.5. The topological polar surface area (TPSA) is 44.1 Å². The molecule has 0 spiro atoms. The van der Waals surface area contributed by atoms with Crippen LogP contribution in [0.2, 0.25) is 0 Å². The number of para-hydroxylation sites is 2. The van der Waals surface area contributed by atoms with E-state index < -0.39 is 0 Å². The number of benzene rings is 1. The molecule has 4 nitrogen and oxygen atoms in total. The number of nitrogens with zero attached hydrogens (tertiary/aromatic N) is 2. The van der Waals surface area contributed by atoms with Gasteiger partial charge in [0.2, 0.25) is 0 Å². The van der Waals surface area contributed by atoms with Crippen molar-refractivity contribution < 1.29 is 9.53 Å². The van der Waals surface area contributed by atoms with E-state index in [0.29, 0.717) is 11.8 Å². The zero-order valence-corrected chi connectivity index (χ0v) is 14.4. The first-order valence-corrected chi connectivity index (χ1v) is 9.10. The molecule has 4 saturated carbocycles. The molecular formula is C20H24N2O2. The lowest BCUT2D eigenvalue weighted by Gasteiger charge is -2.60. The number of carbonyl (C=O) groups excluding carboxylic acids is 1. The quantitative estimate of drug-likeness (QED) is 0.791. The first-order chi connectivity index (χ1) is 11.5. The highest BCUT2D eigenvalue weighted by molar-refractivity contribution is 5.76. The van der Waals surface area contributed by atoms with E-state index in [1.54, 1.807) is 6.92 Å². The summed E-state index contributed by atoms with van der Waals surface area (Å²) in [5, 5.41) is 0. The van der Waals surface area contributed by atoms with Crippen LogP contribution in [0.5, 0.6) is 0 Å². The molecule has 1 aromatic carbocycles. The molecular weight excluding hydrogens is 300 g/mol. The Morgan fingerprint density at radius 1 is 1.21 bits per heavy atom. The van der Waals surface area contributed by atoms with Gasteiger partial charge in [0.15, 0.2) is 0 Å². The number of carbonyl (C=O) groups is 1. The van der Waals surface area contributed by atoms with Crippen LogP contribution in [-0.4, -0.2) is 21.1 Å². The Balaban J connectivity index is 1.64. The molecule has 0 radical (unpaired) electrons. The van der Waals surface area contributed by atoms with Crippen LogP contribution < -0.4 is 0 Å². The van der Waals surface area contributed by atoms with Gasteiger partial charge in [-0.2, -0.15) is 0 Å². The van der Waals surface area contributed by atoms with Gasteiger partial charge in [-0.25, -0.2) is 4.98 Å². The molecule has 4 aliphatic carbocycles. The van der Waals surface area contributed by atoms with Gasteiger partial charge in [0.25, 0.3) is 0 Å². The lowest BCUT2D eigenvalue weighted by molar-refractivity contribution is -0.189. The fourth-order valence-electron chi connectivity index (χ4n) is 6.48. The number of imidazole rings is 1. The van der Waals surface area contributed by atoms with E-state index in [9.17, 15) is 4.79 Å². The third-order valence-electron chi connectivity index (χ3n) is 6.63. The van der Waals surface area contributed by atoms with Gasteiger partial charge in [-0.1, -0.05) is 12.1 Å². The lowest BCUT2D eigenvalue weighted by atomic mass is 9.47. The van der Waals surface area contributed by atoms with Gasteiger partial charge in [0, 0.05) is 19.4 Å². The maximum absolute atomic E-state index is 11.7. The van der Waals surface area contributed by atoms with Gasteiger partial charge in [0.05, 0.1) is 11.0 Å². The fraction of sp³-hybridized carbons (Fsp3) is 0.600. The summed E-state index contributed by atoms with van der Waals surface area (Å²) in [6, 6.07) is 8.38. The van der Waals surface area contributed by atoms with Crippen molar-refractivity contribution in [2.24, 2.45) is 18.9 Å². The van der Waals surface area contributed by atoms with Gasteiger partial charge in [0.1, 0.15) is 11.4 Å². The Kier molecular flexibility index (Phi) is 2.79. The summed E-state index contributed by atoms with van der Waals surface area (Å²) in [4.78, 5) is 16.8. The van der Waals surface area contributed by atoms with Gasteiger partial charge >= 0.3 is 5.97 Å². The van der Waals surface area contributed by atoms with Crippen molar-refractivity contribution in [1.29, 1.82) is 0 Å². The molecule has 2 unspecified atom stereocenters. The van der Waals surface area contributed by atoms with Crippen molar-refractivity contribution in [2.45, 2.75) is 56.5 Å². The molecule has 0 amide bonds. The van der Waals surface area contributed by atoms with E-state index in [-0.39, 0.29) is 17.0 Å². The van der Waals surface area contributed by atoms with Crippen LogP contribution in [0.4, 0.5) is 0 Å². The second kappa shape index (κ2) is 4.62. The number of fused-ring (bicyclic) bond motifs is 1. The Bertz CT molecular complexity index is 823. The first-order valence-electron chi connectivity index (χ1n) is 9.10.